The maximum atomic E-state index is 12.2. The Balaban J connectivity index is 2.28. The Morgan fingerprint density at radius 1 is 1.59 bits per heavy atom. The second-order valence-corrected chi connectivity index (χ2v) is 6.10. The summed E-state index contributed by atoms with van der Waals surface area (Å²) >= 11 is 4.62. The average Bonchev–Trinajstić information content (AvgIpc) is 2.85. The van der Waals surface area contributed by atoms with Crippen LogP contribution in [0, 0.1) is 0 Å². The molecule has 1 unspecified atom stereocenters. The van der Waals surface area contributed by atoms with Gasteiger partial charge in [-0.3, -0.25) is 4.79 Å². The summed E-state index contributed by atoms with van der Waals surface area (Å²) in [6.07, 6.45) is 1.25. The maximum Gasteiger partial charge on any atom is 0.329 e. The molecule has 0 saturated carbocycles. The van der Waals surface area contributed by atoms with Crippen molar-refractivity contribution in [3.63, 3.8) is 0 Å². The number of hydrogen-bond donors (Lipinski definition) is 1. The van der Waals surface area contributed by atoms with Crippen molar-refractivity contribution in [2.75, 3.05) is 6.54 Å². The van der Waals surface area contributed by atoms with Crippen molar-refractivity contribution in [2.45, 2.75) is 25.3 Å². The van der Waals surface area contributed by atoms with Crippen LogP contribution in [0.25, 0.3) is 0 Å². The lowest BCUT2D eigenvalue weighted by atomic mass is 9.99. The predicted octanol–water partition coefficient (Wildman–Crippen LogP) is 2.59. The topological polar surface area (TPSA) is 57.6 Å². The van der Waals surface area contributed by atoms with Crippen LogP contribution in [0.5, 0.6) is 0 Å². The minimum atomic E-state index is -1.06. The fraction of sp³-hybridized carbons (Fsp3) is 0.455. The molecule has 0 aromatic carbocycles. The summed E-state index contributed by atoms with van der Waals surface area (Å²) in [5.41, 5.74) is -1.06. The molecule has 0 aliphatic carbocycles. The SMILES string of the molecule is CC1(C(=O)O)CCCN1C(=O)c1cc(Br)cs1. The second-order valence-electron chi connectivity index (χ2n) is 4.27. The van der Waals surface area contributed by atoms with Gasteiger partial charge < -0.3 is 10.0 Å². The highest BCUT2D eigenvalue weighted by atomic mass is 79.9. The van der Waals surface area contributed by atoms with Crippen molar-refractivity contribution in [1.82, 2.24) is 4.90 Å². The van der Waals surface area contributed by atoms with Crippen molar-refractivity contribution >= 4 is 39.1 Å². The summed E-state index contributed by atoms with van der Waals surface area (Å²) in [4.78, 5) is 25.5. The lowest BCUT2D eigenvalue weighted by Crippen LogP contribution is -2.50. The fourth-order valence-electron chi connectivity index (χ4n) is 2.07. The fourth-order valence-corrected chi connectivity index (χ4v) is 3.44. The van der Waals surface area contributed by atoms with E-state index in [0.717, 1.165) is 10.9 Å². The molecule has 0 spiro atoms. The van der Waals surface area contributed by atoms with Gasteiger partial charge in [0.25, 0.3) is 5.91 Å². The summed E-state index contributed by atoms with van der Waals surface area (Å²) in [5.74, 6) is -1.12. The number of likely N-dealkylation sites (tertiary alicyclic amines) is 1. The smallest absolute Gasteiger partial charge is 0.329 e. The number of rotatable bonds is 2. The minimum absolute atomic E-state index is 0.192. The van der Waals surface area contributed by atoms with Gasteiger partial charge in [0, 0.05) is 16.4 Å². The number of carboxylic acid groups (broad SMARTS) is 1. The van der Waals surface area contributed by atoms with Crippen LogP contribution < -0.4 is 0 Å². The third-order valence-electron chi connectivity index (χ3n) is 3.13. The number of amides is 1. The van der Waals surface area contributed by atoms with Crippen LogP contribution in [-0.4, -0.2) is 34.0 Å². The number of carbonyl (C=O) groups is 2. The van der Waals surface area contributed by atoms with Crippen molar-refractivity contribution in [2.24, 2.45) is 0 Å². The van der Waals surface area contributed by atoms with Gasteiger partial charge in [0.15, 0.2) is 0 Å². The first-order valence-corrected chi connectivity index (χ1v) is 6.92. The van der Waals surface area contributed by atoms with Crippen LogP contribution in [0.3, 0.4) is 0 Å². The van der Waals surface area contributed by atoms with E-state index in [1.807, 2.05) is 5.38 Å². The Kier molecular flexibility index (Phi) is 3.27. The minimum Gasteiger partial charge on any atom is -0.480 e. The van der Waals surface area contributed by atoms with Gasteiger partial charge in [0.2, 0.25) is 0 Å². The summed E-state index contributed by atoms with van der Waals surface area (Å²) in [6.45, 7) is 2.13. The molecule has 2 heterocycles. The third kappa shape index (κ3) is 2.11. The molecule has 1 aromatic heterocycles. The van der Waals surface area contributed by atoms with E-state index in [-0.39, 0.29) is 5.91 Å². The van der Waals surface area contributed by atoms with Gasteiger partial charge in [0.05, 0.1) is 4.88 Å². The Hall–Kier alpha value is -0.880. The van der Waals surface area contributed by atoms with Gasteiger partial charge in [-0.25, -0.2) is 4.79 Å². The molecule has 92 valence electrons. The number of hydrogen-bond acceptors (Lipinski definition) is 3. The highest BCUT2D eigenvalue weighted by Gasteiger charge is 2.46. The molecule has 1 saturated heterocycles. The molecule has 1 aliphatic rings. The number of nitrogens with zero attached hydrogens (tertiary/aromatic N) is 1. The molecule has 0 radical (unpaired) electrons. The van der Waals surface area contributed by atoms with Crippen molar-refractivity contribution in [1.29, 1.82) is 0 Å². The molecule has 4 nitrogen and oxygen atoms in total. The first-order chi connectivity index (χ1) is 7.95. The van der Waals surface area contributed by atoms with E-state index in [1.54, 1.807) is 13.0 Å². The lowest BCUT2D eigenvalue weighted by molar-refractivity contribution is -0.147. The Morgan fingerprint density at radius 2 is 2.29 bits per heavy atom. The number of aliphatic carboxylic acids is 1. The molecule has 17 heavy (non-hydrogen) atoms. The van der Waals surface area contributed by atoms with E-state index in [1.165, 1.54) is 16.2 Å². The molecule has 1 aromatic rings. The second kappa shape index (κ2) is 4.42. The Bertz CT molecular complexity index is 473. The van der Waals surface area contributed by atoms with Gasteiger partial charge in [-0.2, -0.15) is 0 Å². The van der Waals surface area contributed by atoms with Crippen LogP contribution in [-0.2, 0) is 4.79 Å². The Morgan fingerprint density at radius 3 is 2.82 bits per heavy atom. The van der Waals surface area contributed by atoms with E-state index < -0.39 is 11.5 Å². The molecule has 1 N–H and O–H groups in total. The van der Waals surface area contributed by atoms with Gasteiger partial charge >= 0.3 is 5.97 Å². The third-order valence-corrected chi connectivity index (χ3v) is 4.80. The number of thiophene rings is 1. The molecule has 1 fully saturated rings. The molecule has 2 rings (SSSR count). The maximum absolute atomic E-state index is 12.2. The summed E-state index contributed by atoms with van der Waals surface area (Å²) in [5, 5.41) is 11.1. The number of halogens is 1. The van der Waals surface area contributed by atoms with Crippen molar-refractivity contribution in [3.8, 4) is 0 Å². The van der Waals surface area contributed by atoms with Crippen LogP contribution in [0.2, 0.25) is 0 Å². The molecular formula is C11H12BrNO3S. The number of carboxylic acids is 1. The van der Waals surface area contributed by atoms with E-state index in [4.69, 9.17) is 0 Å². The summed E-state index contributed by atoms with van der Waals surface area (Å²) < 4.78 is 0.849. The summed E-state index contributed by atoms with van der Waals surface area (Å²) in [6, 6.07) is 1.73. The number of carbonyl (C=O) groups excluding carboxylic acids is 1. The molecule has 1 aliphatic heterocycles. The zero-order valence-electron chi connectivity index (χ0n) is 9.27. The van der Waals surface area contributed by atoms with Crippen LogP contribution in [0.4, 0.5) is 0 Å². The van der Waals surface area contributed by atoms with E-state index in [0.29, 0.717) is 17.8 Å². The summed E-state index contributed by atoms with van der Waals surface area (Å²) in [7, 11) is 0. The highest BCUT2D eigenvalue weighted by molar-refractivity contribution is 9.10. The van der Waals surface area contributed by atoms with Gasteiger partial charge in [0.1, 0.15) is 5.54 Å². The molecular weight excluding hydrogens is 306 g/mol. The molecule has 1 amide bonds. The first-order valence-electron chi connectivity index (χ1n) is 5.24. The van der Waals surface area contributed by atoms with Gasteiger partial charge in [-0.1, -0.05) is 0 Å². The van der Waals surface area contributed by atoms with Crippen LogP contribution in [0.15, 0.2) is 15.9 Å². The van der Waals surface area contributed by atoms with Crippen molar-refractivity contribution in [3.05, 3.63) is 20.8 Å². The largest absolute Gasteiger partial charge is 0.480 e. The quantitative estimate of drug-likeness (QED) is 0.912. The van der Waals surface area contributed by atoms with E-state index in [9.17, 15) is 14.7 Å². The normalized spacial score (nSPS) is 24.0. The van der Waals surface area contributed by atoms with Crippen LogP contribution in [0.1, 0.15) is 29.4 Å². The van der Waals surface area contributed by atoms with Gasteiger partial charge in [-0.05, 0) is 41.8 Å². The highest BCUT2D eigenvalue weighted by Crippen LogP contribution is 2.32. The first kappa shape index (κ1) is 12.6. The standard InChI is InChI=1S/C11H12BrNO3S/c1-11(10(15)16)3-2-4-13(11)9(14)8-5-7(12)6-17-8/h5-6H,2-4H2,1H3,(H,15,16). The Labute approximate surface area is 111 Å². The monoisotopic (exact) mass is 317 g/mol. The molecule has 6 heteroatoms. The average molecular weight is 318 g/mol. The van der Waals surface area contributed by atoms with Crippen LogP contribution >= 0.6 is 27.3 Å². The van der Waals surface area contributed by atoms with E-state index >= 15 is 0 Å². The van der Waals surface area contributed by atoms with Gasteiger partial charge in [-0.15, -0.1) is 11.3 Å². The molecule has 0 bridgehead atoms. The lowest BCUT2D eigenvalue weighted by Gasteiger charge is -2.30. The van der Waals surface area contributed by atoms with Crippen molar-refractivity contribution < 1.29 is 14.7 Å². The zero-order chi connectivity index (χ0) is 12.6. The molecule has 1 atom stereocenters. The zero-order valence-corrected chi connectivity index (χ0v) is 11.7. The predicted molar refractivity (Wildman–Crippen MR) is 68.3 cm³/mol. The van der Waals surface area contributed by atoms with E-state index in [2.05, 4.69) is 15.9 Å².